The maximum absolute atomic E-state index is 12.4. The molecule has 3 heterocycles. The molecular weight excluding hydrogens is 450 g/mol. The Morgan fingerprint density at radius 1 is 1.08 bits per heavy atom. The number of benzene rings is 1. The molecular formula is C29H41N5O2. The second-order valence-corrected chi connectivity index (χ2v) is 12.9. The zero-order valence-electron chi connectivity index (χ0n) is 22.4. The Hall–Kier alpha value is -2.54. The molecule has 0 radical (unpaired) electrons. The normalized spacial score (nSPS) is 23.3. The van der Waals surface area contributed by atoms with Crippen molar-refractivity contribution in [2.24, 2.45) is 5.41 Å². The Bertz CT molecular complexity index is 1100. The average molecular weight is 492 g/mol. The van der Waals surface area contributed by atoms with Crippen LogP contribution in [0.25, 0.3) is 0 Å². The summed E-state index contributed by atoms with van der Waals surface area (Å²) in [5.41, 5.74) is 2.73. The second kappa shape index (κ2) is 8.51. The van der Waals surface area contributed by atoms with Crippen LogP contribution in [-0.2, 0) is 11.3 Å². The van der Waals surface area contributed by atoms with Crippen molar-refractivity contribution in [2.45, 2.75) is 83.5 Å². The number of anilines is 1. The third-order valence-corrected chi connectivity index (χ3v) is 8.84. The van der Waals surface area contributed by atoms with Crippen LogP contribution < -0.4 is 4.90 Å². The van der Waals surface area contributed by atoms with Crippen molar-refractivity contribution in [3.05, 3.63) is 47.7 Å². The van der Waals surface area contributed by atoms with E-state index in [1.54, 1.807) is 0 Å². The van der Waals surface area contributed by atoms with Crippen LogP contribution in [0.1, 0.15) is 70.2 Å². The summed E-state index contributed by atoms with van der Waals surface area (Å²) in [4.78, 5) is 19.5. The van der Waals surface area contributed by atoms with E-state index < -0.39 is 5.60 Å². The van der Waals surface area contributed by atoms with Crippen LogP contribution in [-0.4, -0.2) is 69.5 Å². The second-order valence-electron chi connectivity index (χ2n) is 12.9. The van der Waals surface area contributed by atoms with Crippen LogP contribution in [0.4, 0.5) is 10.6 Å². The van der Waals surface area contributed by atoms with Crippen LogP contribution >= 0.6 is 0 Å². The number of rotatable bonds is 4. The van der Waals surface area contributed by atoms with Crippen LogP contribution in [0, 0.1) is 12.3 Å². The summed E-state index contributed by atoms with van der Waals surface area (Å²) < 4.78 is 7.82. The van der Waals surface area contributed by atoms with E-state index in [1.807, 2.05) is 25.7 Å². The summed E-state index contributed by atoms with van der Waals surface area (Å²) in [5.74, 6) is 1.16. The predicted octanol–water partition coefficient (Wildman–Crippen LogP) is 5.01. The molecule has 1 aromatic carbocycles. The molecule has 2 saturated carbocycles. The highest BCUT2D eigenvalue weighted by atomic mass is 16.6. The number of carbonyl (C=O) groups excluding carboxylic acids is 1. The number of carbonyl (C=O) groups is 1. The monoisotopic (exact) mass is 491 g/mol. The van der Waals surface area contributed by atoms with E-state index in [-0.39, 0.29) is 17.0 Å². The van der Waals surface area contributed by atoms with E-state index in [0.717, 1.165) is 57.9 Å². The first-order valence-corrected chi connectivity index (χ1v) is 13.7. The standard InChI is InChI=1S/C29H41N5O2/c1-22-15-25(30-34(22)24-16-28(17-24)19-32(20-28)26(35)36-27(2,3)4)33-14-13-31(21-29(33)11-8-12-29)18-23-9-6-5-7-10-23/h5-7,9-10,15,24H,8,11-14,16-21H2,1-4H3. The van der Waals surface area contributed by atoms with Crippen molar-refractivity contribution in [1.82, 2.24) is 19.6 Å². The Kier molecular flexibility index (Phi) is 5.63. The van der Waals surface area contributed by atoms with Crippen molar-refractivity contribution in [3.63, 3.8) is 0 Å². The number of nitrogens with zero attached hydrogens (tertiary/aromatic N) is 5. The Morgan fingerprint density at radius 2 is 1.81 bits per heavy atom. The van der Waals surface area contributed by atoms with Crippen molar-refractivity contribution >= 4 is 11.9 Å². The lowest BCUT2D eigenvalue weighted by Crippen LogP contribution is -2.66. The number of likely N-dealkylation sites (tertiary alicyclic amines) is 1. The molecule has 2 saturated heterocycles. The number of piperazine rings is 1. The van der Waals surface area contributed by atoms with Crippen molar-refractivity contribution in [2.75, 3.05) is 37.6 Å². The maximum atomic E-state index is 12.4. The van der Waals surface area contributed by atoms with E-state index in [2.05, 4.69) is 57.8 Å². The zero-order chi connectivity index (χ0) is 25.1. The van der Waals surface area contributed by atoms with Gasteiger partial charge in [-0.2, -0.15) is 5.10 Å². The fourth-order valence-electron chi connectivity index (χ4n) is 6.97. The molecule has 1 amide bonds. The summed E-state index contributed by atoms with van der Waals surface area (Å²) in [7, 11) is 0. The molecule has 7 heteroatoms. The Labute approximate surface area is 215 Å². The van der Waals surface area contributed by atoms with E-state index in [9.17, 15) is 4.79 Å². The number of hydrogen-bond acceptors (Lipinski definition) is 5. The lowest BCUT2D eigenvalue weighted by Gasteiger charge is -2.58. The molecule has 1 aromatic heterocycles. The molecule has 194 valence electrons. The fourth-order valence-corrected chi connectivity index (χ4v) is 6.97. The molecule has 4 fully saturated rings. The Morgan fingerprint density at radius 3 is 2.44 bits per heavy atom. The van der Waals surface area contributed by atoms with Gasteiger partial charge < -0.3 is 14.5 Å². The highest BCUT2D eigenvalue weighted by molar-refractivity contribution is 5.69. The largest absolute Gasteiger partial charge is 0.444 e. The van der Waals surface area contributed by atoms with Crippen molar-refractivity contribution in [3.8, 4) is 0 Å². The zero-order valence-corrected chi connectivity index (χ0v) is 22.4. The summed E-state index contributed by atoms with van der Waals surface area (Å²) in [5, 5.41) is 5.19. The highest BCUT2D eigenvalue weighted by Gasteiger charge is 2.55. The summed E-state index contributed by atoms with van der Waals surface area (Å²) in [6.07, 6.45) is 5.86. The maximum Gasteiger partial charge on any atom is 0.410 e. The molecule has 7 nitrogen and oxygen atoms in total. The SMILES string of the molecule is Cc1cc(N2CCN(Cc3ccccc3)CC23CCC3)nn1C1CC2(C1)CN(C(=O)OC(C)(C)C)C2. The minimum absolute atomic E-state index is 0.175. The number of aromatic nitrogens is 2. The van der Waals surface area contributed by atoms with Gasteiger partial charge in [-0.05, 0) is 65.4 Å². The van der Waals surface area contributed by atoms with Gasteiger partial charge in [-0.25, -0.2) is 4.79 Å². The number of aryl methyl sites for hydroxylation is 1. The first-order valence-electron chi connectivity index (χ1n) is 13.7. The van der Waals surface area contributed by atoms with Crippen molar-refractivity contribution in [1.29, 1.82) is 0 Å². The first kappa shape index (κ1) is 23.8. The van der Waals surface area contributed by atoms with Gasteiger partial charge in [-0.3, -0.25) is 9.58 Å². The lowest BCUT2D eigenvalue weighted by atomic mass is 9.61. The van der Waals surface area contributed by atoms with E-state index in [1.165, 1.54) is 30.5 Å². The van der Waals surface area contributed by atoms with Gasteiger partial charge >= 0.3 is 6.09 Å². The number of hydrogen-bond donors (Lipinski definition) is 0. The summed E-state index contributed by atoms with van der Waals surface area (Å²) in [6.45, 7) is 13.9. The van der Waals surface area contributed by atoms with Gasteiger partial charge in [0.1, 0.15) is 5.60 Å². The molecule has 2 aromatic rings. The van der Waals surface area contributed by atoms with Gasteiger partial charge in [0.25, 0.3) is 0 Å². The molecule has 2 aliphatic carbocycles. The molecule has 6 rings (SSSR count). The molecule has 0 bridgehead atoms. The molecule has 4 aliphatic rings. The van der Waals surface area contributed by atoms with E-state index in [0.29, 0.717) is 6.04 Å². The smallest absolute Gasteiger partial charge is 0.410 e. The third kappa shape index (κ3) is 4.29. The van der Waals surface area contributed by atoms with Crippen LogP contribution in [0.2, 0.25) is 0 Å². The van der Waals surface area contributed by atoms with Gasteiger partial charge in [-0.1, -0.05) is 30.3 Å². The molecule has 2 spiro atoms. The average Bonchev–Trinajstić information content (AvgIpc) is 3.11. The van der Waals surface area contributed by atoms with Crippen LogP contribution in [0.3, 0.4) is 0 Å². The lowest BCUT2D eigenvalue weighted by molar-refractivity contribution is -0.0930. The quantitative estimate of drug-likeness (QED) is 0.602. The molecule has 36 heavy (non-hydrogen) atoms. The van der Waals surface area contributed by atoms with E-state index >= 15 is 0 Å². The molecule has 0 N–H and O–H groups in total. The van der Waals surface area contributed by atoms with Gasteiger partial charge in [0.15, 0.2) is 5.82 Å². The summed E-state index contributed by atoms with van der Waals surface area (Å²) in [6, 6.07) is 13.6. The predicted molar refractivity (Wildman–Crippen MR) is 141 cm³/mol. The summed E-state index contributed by atoms with van der Waals surface area (Å²) >= 11 is 0. The molecule has 2 aliphatic heterocycles. The number of ether oxygens (including phenoxy) is 1. The number of amides is 1. The highest BCUT2D eigenvalue weighted by Crippen LogP contribution is 2.54. The van der Waals surface area contributed by atoms with Gasteiger partial charge in [0.2, 0.25) is 0 Å². The third-order valence-electron chi connectivity index (χ3n) is 8.84. The van der Waals surface area contributed by atoms with Gasteiger partial charge in [0.05, 0.1) is 11.6 Å². The molecule has 0 unspecified atom stereocenters. The first-order chi connectivity index (χ1) is 17.1. The minimum atomic E-state index is -0.435. The van der Waals surface area contributed by atoms with Gasteiger partial charge in [0, 0.05) is 56.4 Å². The fraction of sp³-hybridized carbons (Fsp3) is 0.655. The topological polar surface area (TPSA) is 53.8 Å². The van der Waals surface area contributed by atoms with Crippen LogP contribution in [0.5, 0.6) is 0 Å². The van der Waals surface area contributed by atoms with Crippen molar-refractivity contribution < 1.29 is 9.53 Å². The van der Waals surface area contributed by atoms with Crippen LogP contribution in [0.15, 0.2) is 36.4 Å². The molecule has 0 atom stereocenters. The minimum Gasteiger partial charge on any atom is -0.444 e. The van der Waals surface area contributed by atoms with Gasteiger partial charge in [-0.15, -0.1) is 0 Å². The van der Waals surface area contributed by atoms with E-state index in [4.69, 9.17) is 9.84 Å². The Balaban J connectivity index is 1.08.